The quantitative estimate of drug-likeness (QED) is 0.660. The third-order valence-electron chi connectivity index (χ3n) is 3.20. The summed E-state index contributed by atoms with van der Waals surface area (Å²) >= 11 is 0. The molecular formula is C12H15N5O. The Bertz CT molecular complexity index is 689. The number of pyridine rings is 1. The van der Waals surface area contributed by atoms with Gasteiger partial charge in [-0.15, -0.1) is 0 Å². The molecule has 1 aliphatic rings. The van der Waals surface area contributed by atoms with Gasteiger partial charge in [0.2, 0.25) is 0 Å². The van der Waals surface area contributed by atoms with Gasteiger partial charge >= 0.3 is 0 Å². The molecule has 0 bridgehead atoms. The van der Waals surface area contributed by atoms with E-state index in [1.807, 2.05) is 19.9 Å². The lowest BCUT2D eigenvalue weighted by atomic mass is 9.95. The maximum absolute atomic E-state index is 7.90. The van der Waals surface area contributed by atoms with Crippen molar-refractivity contribution in [1.29, 1.82) is 5.41 Å². The maximum atomic E-state index is 7.90. The molecule has 2 aromatic rings. The molecule has 0 unspecified atom stereocenters. The highest BCUT2D eigenvalue weighted by Crippen LogP contribution is 2.27. The molecule has 0 amide bonds. The minimum Gasteiger partial charge on any atom is -0.370 e. The minimum absolute atomic E-state index is 0.194. The van der Waals surface area contributed by atoms with E-state index in [9.17, 15) is 0 Å². The molecule has 0 fully saturated rings. The summed E-state index contributed by atoms with van der Waals surface area (Å²) in [4.78, 5) is 8.70. The molecular weight excluding hydrogens is 230 g/mol. The average molecular weight is 245 g/mol. The molecule has 0 saturated heterocycles. The average Bonchev–Trinajstić information content (AvgIpc) is 2.31. The first-order chi connectivity index (χ1) is 8.46. The Kier molecular flexibility index (Phi) is 2.18. The summed E-state index contributed by atoms with van der Waals surface area (Å²) in [6.07, 6.45) is 2.17. The molecule has 0 aromatic carbocycles. The van der Waals surface area contributed by atoms with Gasteiger partial charge < -0.3 is 10.6 Å². The van der Waals surface area contributed by atoms with Gasteiger partial charge in [0, 0.05) is 12.0 Å². The number of aromatic nitrogens is 3. The molecule has 0 radical (unpaired) electrons. The van der Waals surface area contributed by atoms with E-state index in [1.165, 1.54) is 11.0 Å². The maximum Gasteiger partial charge on any atom is 0.164 e. The predicted octanol–water partition coefficient (Wildman–Crippen LogP) is 0.476. The molecule has 18 heavy (non-hydrogen) atoms. The third kappa shape index (κ3) is 1.65. The van der Waals surface area contributed by atoms with Gasteiger partial charge in [-0.25, -0.2) is 14.6 Å². The largest absolute Gasteiger partial charge is 0.370 e. The van der Waals surface area contributed by atoms with Crippen LogP contribution >= 0.6 is 0 Å². The van der Waals surface area contributed by atoms with Crippen LogP contribution in [0.4, 0.5) is 0 Å². The second kappa shape index (κ2) is 3.52. The number of nitrogens with zero attached hydrogens (tertiary/aromatic N) is 3. The van der Waals surface area contributed by atoms with Crippen LogP contribution < -0.4 is 11.3 Å². The Morgan fingerprint density at radius 3 is 3.06 bits per heavy atom. The molecule has 6 nitrogen and oxygen atoms in total. The second-order valence-electron chi connectivity index (χ2n) is 5.19. The molecule has 3 heterocycles. The van der Waals surface area contributed by atoms with E-state index in [1.54, 1.807) is 0 Å². The van der Waals surface area contributed by atoms with Gasteiger partial charge in [0.25, 0.3) is 0 Å². The van der Waals surface area contributed by atoms with E-state index < -0.39 is 0 Å². The number of rotatable bonds is 0. The van der Waals surface area contributed by atoms with Crippen molar-refractivity contribution < 1.29 is 4.74 Å². The van der Waals surface area contributed by atoms with Gasteiger partial charge in [-0.05, 0) is 19.9 Å². The Hall–Kier alpha value is -1.95. The number of nitrogens with two attached hydrogens (primary N) is 1. The van der Waals surface area contributed by atoms with E-state index in [-0.39, 0.29) is 11.1 Å². The first kappa shape index (κ1) is 11.2. The van der Waals surface area contributed by atoms with Crippen LogP contribution in [-0.2, 0) is 17.8 Å². The van der Waals surface area contributed by atoms with Gasteiger partial charge in [-0.2, -0.15) is 0 Å². The van der Waals surface area contributed by atoms with Crippen LogP contribution in [0.25, 0.3) is 11.0 Å². The smallest absolute Gasteiger partial charge is 0.164 e. The number of hydrogen-bond acceptors (Lipinski definition) is 5. The molecule has 2 aromatic heterocycles. The van der Waals surface area contributed by atoms with Gasteiger partial charge in [0.15, 0.2) is 11.1 Å². The van der Waals surface area contributed by atoms with Crippen LogP contribution in [-0.4, -0.2) is 20.2 Å². The molecule has 6 heteroatoms. The molecule has 3 rings (SSSR count). The second-order valence-corrected chi connectivity index (χ2v) is 5.19. The lowest BCUT2D eigenvalue weighted by molar-refractivity contribution is -0.0411. The number of ether oxygens (including phenoxy) is 1. The van der Waals surface area contributed by atoms with Crippen molar-refractivity contribution in [3.8, 4) is 0 Å². The van der Waals surface area contributed by atoms with Crippen LogP contribution in [0.2, 0.25) is 0 Å². The van der Waals surface area contributed by atoms with Crippen LogP contribution in [0.5, 0.6) is 0 Å². The van der Waals surface area contributed by atoms with Crippen molar-refractivity contribution in [2.45, 2.75) is 32.5 Å². The third-order valence-corrected chi connectivity index (χ3v) is 3.20. The van der Waals surface area contributed by atoms with Crippen molar-refractivity contribution in [2.24, 2.45) is 0 Å². The van der Waals surface area contributed by atoms with Crippen LogP contribution in [0.3, 0.4) is 0 Å². The van der Waals surface area contributed by atoms with Crippen LogP contribution in [0.1, 0.15) is 25.1 Å². The van der Waals surface area contributed by atoms with Crippen molar-refractivity contribution in [3.05, 3.63) is 29.1 Å². The summed E-state index contributed by atoms with van der Waals surface area (Å²) in [5.74, 6) is 5.61. The Balaban J connectivity index is 2.25. The van der Waals surface area contributed by atoms with Crippen LogP contribution in [0.15, 0.2) is 12.4 Å². The molecule has 0 saturated carbocycles. The molecule has 94 valence electrons. The Morgan fingerprint density at radius 2 is 2.28 bits per heavy atom. The van der Waals surface area contributed by atoms with E-state index in [2.05, 4.69) is 9.97 Å². The summed E-state index contributed by atoms with van der Waals surface area (Å²) in [5.41, 5.74) is 2.60. The van der Waals surface area contributed by atoms with E-state index >= 15 is 0 Å². The van der Waals surface area contributed by atoms with E-state index in [0.29, 0.717) is 17.6 Å². The van der Waals surface area contributed by atoms with Gasteiger partial charge in [0.05, 0.1) is 23.3 Å². The number of nitrogens with one attached hydrogen (secondary N) is 1. The lowest BCUT2D eigenvalue weighted by Crippen LogP contribution is -2.33. The Labute approximate surface area is 104 Å². The molecule has 1 aliphatic heterocycles. The van der Waals surface area contributed by atoms with Crippen molar-refractivity contribution in [3.63, 3.8) is 0 Å². The van der Waals surface area contributed by atoms with E-state index in [0.717, 1.165) is 17.7 Å². The predicted molar refractivity (Wildman–Crippen MR) is 66.1 cm³/mol. The van der Waals surface area contributed by atoms with Crippen molar-refractivity contribution >= 4 is 11.0 Å². The fraction of sp³-hybridized carbons (Fsp3) is 0.417. The lowest BCUT2D eigenvalue weighted by Gasteiger charge is -2.31. The molecule has 0 spiro atoms. The van der Waals surface area contributed by atoms with Gasteiger partial charge in [-0.1, -0.05) is 0 Å². The van der Waals surface area contributed by atoms with E-state index in [4.69, 9.17) is 16.0 Å². The minimum atomic E-state index is -0.194. The monoisotopic (exact) mass is 245 g/mol. The summed E-state index contributed by atoms with van der Waals surface area (Å²) in [6.45, 7) is 4.61. The summed E-state index contributed by atoms with van der Waals surface area (Å²) < 4.78 is 6.94. The Morgan fingerprint density at radius 1 is 1.50 bits per heavy atom. The van der Waals surface area contributed by atoms with Gasteiger partial charge in [0.1, 0.15) is 6.33 Å². The SMILES string of the molecule is CC1(C)Cc2nc3ncn(N)c(=N)c3cc2CO1. The zero-order chi connectivity index (χ0) is 12.9. The molecule has 3 N–H and O–H groups in total. The fourth-order valence-electron chi connectivity index (χ4n) is 2.17. The number of nitrogen functional groups attached to an aromatic ring is 1. The zero-order valence-corrected chi connectivity index (χ0v) is 10.4. The highest BCUT2D eigenvalue weighted by Gasteiger charge is 2.27. The first-order valence-electron chi connectivity index (χ1n) is 5.80. The normalized spacial score (nSPS) is 17.7. The van der Waals surface area contributed by atoms with Crippen molar-refractivity contribution in [1.82, 2.24) is 14.6 Å². The molecule has 0 atom stereocenters. The fourth-order valence-corrected chi connectivity index (χ4v) is 2.17. The summed E-state index contributed by atoms with van der Waals surface area (Å²) in [6, 6.07) is 1.91. The summed E-state index contributed by atoms with van der Waals surface area (Å²) in [7, 11) is 0. The summed E-state index contributed by atoms with van der Waals surface area (Å²) in [5, 5.41) is 8.56. The number of fused-ring (bicyclic) bond motifs is 2. The highest BCUT2D eigenvalue weighted by molar-refractivity contribution is 5.74. The van der Waals surface area contributed by atoms with Crippen LogP contribution in [0, 0.1) is 5.41 Å². The standard InChI is InChI=1S/C12H15N5O/c1-12(2)4-9-7(5-18-12)3-8-10(13)17(14)6-15-11(8)16-9/h3,6,13H,4-5,14H2,1-2H3. The van der Waals surface area contributed by atoms with Gasteiger partial charge in [-0.3, -0.25) is 5.41 Å². The number of hydrogen-bond donors (Lipinski definition) is 2. The van der Waals surface area contributed by atoms with Crippen molar-refractivity contribution in [2.75, 3.05) is 5.84 Å². The first-order valence-corrected chi connectivity index (χ1v) is 5.80. The highest BCUT2D eigenvalue weighted by atomic mass is 16.5. The zero-order valence-electron chi connectivity index (χ0n) is 10.4. The topological polar surface area (TPSA) is 89.8 Å². The molecule has 0 aliphatic carbocycles.